The van der Waals surface area contributed by atoms with Crippen molar-refractivity contribution in [2.75, 3.05) is 26.7 Å². The number of halogens is 1. The summed E-state index contributed by atoms with van der Waals surface area (Å²) >= 11 is 0. The molecule has 0 bridgehead atoms. The number of hydrogen-bond acceptors (Lipinski definition) is 6. The van der Waals surface area contributed by atoms with Crippen LogP contribution in [0, 0.1) is 0 Å². The molecule has 1 unspecified atom stereocenters. The van der Waals surface area contributed by atoms with Gasteiger partial charge in [0, 0.05) is 31.4 Å². The van der Waals surface area contributed by atoms with Gasteiger partial charge in [-0.05, 0) is 18.6 Å². The van der Waals surface area contributed by atoms with Gasteiger partial charge in [-0.15, -0.1) is 12.4 Å². The van der Waals surface area contributed by atoms with Gasteiger partial charge in [0.15, 0.2) is 0 Å². The number of nitrogens with one attached hydrogen (secondary N) is 1. The number of benzene rings is 1. The van der Waals surface area contributed by atoms with Crippen molar-refractivity contribution in [2.45, 2.75) is 19.4 Å². The third kappa shape index (κ3) is 3.55. The molecule has 0 radical (unpaired) electrons. The Kier molecular flexibility index (Phi) is 6.16. The number of rotatable bonds is 4. The van der Waals surface area contributed by atoms with E-state index in [1.165, 1.54) is 0 Å². The first-order valence-electron chi connectivity index (χ1n) is 9.11. The number of piperazine rings is 1. The van der Waals surface area contributed by atoms with Crippen molar-refractivity contribution in [1.82, 2.24) is 20.4 Å². The Morgan fingerprint density at radius 2 is 2.21 bits per heavy atom. The maximum absolute atomic E-state index is 13.3. The van der Waals surface area contributed by atoms with E-state index in [0.29, 0.717) is 24.4 Å². The Balaban J connectivity index is 0.00000225. The molecule has 7 nitrogen and oxygen atoms in total. The van der Waals surface area contributed by atoms with Crippen molar-refractivity contribution in [1.29, 1.82) is 0 Å². The number of ether oxygens (including phenoxy) is 1. The van der Waals surface area contributed by atoms with Gasteiger partial charge in [0.25, 0.3) is 11.6 Å². The van der Waals surface area contributed by atoms with E-state index < -0.39 is 0 Å². The number of nitrogens with zero attached hydrogens (tertiary/aromatic N) is 3. The number of fused-ring (bicyclic) bond motifs is 1. The summed E-state index contributed by atoms with van der Waals surface area (Å²) in [6.07, 6.45) is 2.29. The fourth-order valence-corrected chi connectivity index (χ4v) is 3.58. The molecule has 1 saturated heterocycles. The van der Waals surface area contributed by atoms with E-state index in [-0.39, 0.29) is 24.4 Å². The average molecular weight is 403 g/mol. The number of hydrogen-bond donors (Lipinski definition) is 1. The molecule has 0 saturated carbocycles. The quantitative estimate of drug-likeness (QED) is 0.722. The Morgan fingerprint density at radius 1 is 1.39 bits per heavy atom. The van der Waals surface area contributed by atoms with E-state index in [4.69, 9.17) is 9.26 Å². The molecular weight excluding hydrogens is 380 g/mol. The van der Waals surface area contributed by atoms with Crippen molar-refractivity contribution in [3.05, 3.63) is 53.3 Å². The molecule has 1 amide bonds. The molecule has 2 aromatic heterocycles. The molecule has 28 heavy (non-hydrogen) atoms. The van der Waals surface area contributed by atoms with Crippen molar-refractivity contribution in [2.24, 2.45) is 0 Å². The van der Waals surface area contributed by atoms with E-state index in [2.05, 4.69) is 15.5 Å². The average Bonchev–Trinajstić information content (AvgIpc) is 3.15. The lowest BCUT2D eigenvalue weighted by Gasteiger charge is -2.37. The van der Waals surface area contributed by atoms with Gasteiger partial charge >= 0.3 is 0 Å². The van der Waals surface area contributed by atoms with Crippen LogP contribution in [0.25, 0.3) is 11.1 Å². The summed E-state index contributed by atoms with van der Waals surface area (Å²) in [6, 6.07) is 9.56. The van der Waals surface area contributed by atoms with Gasteiger partial charge in [0.05, 0.1) is 29.8 Å². The molecule has 0 spiro atoms. The van der Waals surface area contributed by atoms with E-state index in [1.54, 1.807) is 13.3 Å². The highest BCUT2D eigenvalue weighted by molar-refractivity contribution is 5.97. The van der Waals surface area contributed by atoms with Crippen LogP contribution in [0.2, 0.25) is 0 Å². The van der Waals surface area contributed by atoms with Gasteiger partial charge in [0.2, 0.25) is 0 Å². The molecule has 148 valence electrons. The minimum atomic E-state index is -0.105. The zero-order chi connectivity index (χ0) is 18.8. The van der Waals surface area contributed by atoms with Gasteiger partial charge < -0.3 is 19.5 Å². The lowest BCUT2D eigenvalue weighted by atomic mass is 10.0. The monoisotopic (exact) mass is 402 g/mol. The molecule has 1 fully saturated rings. The molecule has 1 aliphatic rings. The first kappa shape index (κ1) is 20.1. The molecule has 1 aliphatic heterocycles. The van der Waals surface area contributed by atoms with Crippen LogP contribution >= 0.6 is 12.4 Å². The van der Waals surface area contributed by atoms with Crippen LogP contribution in [0.1, 0.15) is 34.6 Å². The zero-order valence-corrected chi connectivity index (χ0v) is 16.7. The number of methoxy groups -OCH3 is 1. The van der Waals surface area contributed by atoms with Crippen LogP contribution in [0.3, 0.4) is 0 Å². The number of para-hydroxylation sites is 1. The number of carbonyl (C=O) groups excluding carboxylic acids is 1. The van der Waals surface area contributed by atoms with E-state index in [9.17, 15) is 4.79 Å². The van der Waals surface area contributed by atoms with Gasteiger partial charge in [-0.3, -0.25) is 4.79 Å². The van der Waals surface area contributed by atoms with Crippen LogP contribution in [-0.4, -0.2) is 47.7 Å². The van der Waals surface area contributed by atoms with Crippen molar-refractivity contribution < 1.29 is 14.1 Å². The summed E-state index contributed by atoms with van der Waals surface area (Å²) in [5, 5.41) is 8.20. The van der Waals surface area contributed by atoms with Gasteiger partial charge in [-0.1, -0.05) is 30.3 Å². The second-order valence-electron chi connectivity index (χ2n) is 6.52. The third-order valence-electron chi connectivity index (χ3n) is 4.99. The number of pyridine rings is 1. The highest BCUT2D eigenvalue weighted by atomic mass is 35.5. The molecule has 1 N–H and O–H groups in total. The molecule has 0 aliphatic carbocycles. The van der Waals surface area contributed by atoms with E-state index in [0.717, 1.165) is 35.4 Å². The Labute approximate surface area is 169 Å². The summed E-state index contributed by atoms with van der Waals surface area (Å²) < 4.78 is 10.7. The minimum Gasteiger partial charge on any atom is -0.496 e. The topological polar surface area (TPSA) is 80.5 Å². The van der Waals surface area contributed by atoms with E-state index >= 15 is 0 Å². The second kappa shape index (κ2) is 8.58. The Hall–Kier alpha value is -2.64. The summed E-state index contributed by atoms with van der Waals surface area (Å²) in [5.41, 5.74) is 2.81. The summed E-state index contributed by atoms with van der Waals surface area (Å²) in [4.78, 5) is 19.5. The Morgan fingerprint density at radius 3 is 3.00 bits per heavy atom. The molecular formula is C20H23ClN4O3. The number of aryl methyl sites for hydroxylation is 1. The first-order chi connectivity index (χ1) is 13.2. The fourth-order valence-electron chi connectivity index (χ4n) is 3.58. The van der Waals surface area contributed by atoms with Crippen LogP contribution in [-0.2, 0) is 6.42 Å². The minimum absolute atomic E-state index is 0. The summed E-state index contributed by atoms with van der Waals surface area (Å²) in [6.45, 7) is 4.04. The van der Waals surface area contributed by atoms with Crippen molar-refractivity contribution in [3.8, 4) is 5.75 Å². The highest BCUT2D eigenvalue weighted by Crippen LogP contribution is 2.31. The van der Waals surface area contributed by atoms with E-state index in [1.807, 2.05) is 42.2 Å². The number of amides is 1. The molecule has 3 aromatic rings. The van der Waals surface area contributed by atoms with Crippen LogP contribution in [0.4, 0.5) is 0 Å². The molecule has 1 atom stereocenters. The second-order valence-corrected chi connectivity index (χ2v) is 6.52. The normalized spacial score (nSPS) is 16.6. The standard InChI is InChI=1S/C20H22N4O3.ClH/c1-3-16-15-10-13(11-22-19(15)27-23-16)20(25)24-9-8-21-12-17(24)14-6-4-5-7-18(14)26-2;/h4-7,10-11,17,21H,3,8-9,12H2,1-2H3;1H. The van der Waals surface area contributed by atoms with Crippen LogP contribution < -0.4 is 10.1 Å². The van der Waals surface area contributed by atoms with Crippen molar-refractivity contribution >= 4 is 29.4 Å². The predicted octanol–water partition coefficient (Wildman–Crippen LogP) is 3.00. The summed E-state index contributed by atoms with van der Waals surface area (Å²) in [5.74, 6) is 0.731. The van der Waals surface area contributed by atoms with Gasteiger partial charge in [0.1, 0.15) is 5.75 Å². The van der Waals surface area contributed by atoms with Gasteiger partial charge in [-0.25, -0.2) is 4.98 Å². The largest absolute Gasteiger partial charge is 0.496 e. The van der Waals surface area contributed by atoms with Crippen LogP contribution in [0.5, 0.6) is 5.75 Å². The first-order valence-corrected chi connectivity index (χ1v) is 9.11. The molecule has 8 heteroatoms. The fraction of sp³-hybridized carbons (Fsp3) is 0.350. The maximum Gasteiger partial charge on any atom is 0.257 e. The third-order valence-corrected chi connectivity index (χ3v) is 4.99. The Bertz CT molecular complexity index is 975. The lowest BCUT2D eigenvalue weighted by molar-refractivity contribution is 0.0631. The van der Waals surface area contributed by atoms with Crippen molar-refractivity contribution in [3.63, 3.8) is 0 Å². The maximum atomic E-state index is 13.3. The lowest BCUT2D eigenvalue weighted by Crippen LogP contribution is -2.48. The zero-order valence-electron chi connectivity index (χ0n) is 15.8. The number of aromatic nitrogens is 2. The van der Waals surface area contributed by atoms with Gasteiger partial charge in [-0.2, -0.15) is 0 Å². The molecule has 4 rings (SSSR count). The smallest absolute Gasteiger partial charge is 0.257 e. The highest BCUT2D eigenvalue weighted by Gasteiger charge is 2.31. The SMILES string of the molecule is CCc1noc2ncc(C(=O)N3CCNCC3c3ccccc3OC)cc12.Cl. The van der Waals surface area contributed by atoms with Crippen LogP contribution in [0.15, 0.2) is 41.1 Å². The predicted molar refractivity (Wildman–Crippen MR) is 108 cm³/mol. The number of carbonyl (C=O) groups is 1. The molecule has 3 heterocycles. The summed E-state index contributed by atoms with van der Waals surface area (Å²) in [7, 11) is 1.65. The molecule has 1 aromatic carbocycles.